The summed E-state index contributed by atoms with van der Waals surface area (Å²) in [5.74, 6) is -1.97. The second-order valence-electron chi connectivity index (χ2n) is 26.6. The maximum absolute atomic E-state index is 13.0. The van der Waals surface area contributed by atoms with Crippen molar-refractivity contribution in [2.45, 2.75) is 399 Å². The molecule has 0 aromatic carbocycles. The van der Waals surface area contributed by atoms with E-state index in [1.807, 2.05) is 21.1 Å². The van der Waals surface area contributed by atoms with Gasteiger partial charge >= 0.3 is 17.9 Å². The third-order valence-electron chi connectivity index (χ3n) is 17.0. The van der Waals surface area contributed by atoms with Crippen LogP contribution < -0.4 is 0 Å². The molecule has 2 atom stereocenters. The Morgan fingerprint density at radius 2 is 0.614 bits per heavy atom. The van der Waals surface area contributed by atoms with Crippen LogP contribution in [-0.2, 0) is 33.3 Å². The number of esters is 2. The monoisotopic (exact) mass is 1180 g/mol. The molecule has 2 unspecified atom stereocenters. The Morgan fingerprint density at radius 1 is 0.349 bits per heavy atom. The zero-order chi connectivity index (χ0) is 60.5. The van der Waals surface area contributed by atoms with Crippen LogP contribution in [0.3, 0.4) is 0 Å². The highest BCUT2D eigenvalue weighted by atomic mass is 16.7. The standard InChI is InChI=1S/C74H143NO8/c1-6-8-10-12-14-16-18-20-22-24-26-28-30-32-34-35-36-37-39-41-43-45-47-49-51-53-55-57-59-61-63-65-72(77)83-70(69-82-74(73(78)79)80-67-66-75(3,4)5)68-81-71(76)64-62-60-58-56-54-52-50-48-46-44-42-40-38-33-31-29-27-25-23-21-19-17-15-13-11-9-7-2/h24,26,70,74H,6-23,25,27-69H2,1-5H3/p+1/b26-24-. The highest BCUT2D eigenvalue weighted by Crippen LogP contribution is 2.20. The fourth-order valence-corrected chi connectivity index (χ4v) is 11.4. The topological polar surface area (TPSA) is 108 Å². The Kier molecular flexibility index (Phi) is 64.4. The van der Waals surface area contributed by atoms with Gasteiger partial charge in [0.05, 0.1) is 34.4 Å². The fourth-order valence-electron chi connectivity index (χ4n) is 11.4. The molecular formula is C74H144NO8+. The number of ether oxygens (including phenoxy) is 4. The number of carboxylic acids is 1. The van der Waals surface area contributed by atoms with Crippen molar-refractivity contribution in [1.29, 1.82) is 0 Å². The molecule has 0 amide bonds. The molecule has 0 aliphatic rings. The van der Waals surface area contributed by atoms with Crippen LogP contribution >= 0.6 is 0 Å². The molecule has 0 fully saturated rings. The maximum atomic E-state index is 13.0. The molecule has 0 aliphatic carbocycles. The molecule has 0 bridgehead atoms. The van der Waals surface area contributed by atoms with Gasteiger partial charge in [-0.25, -0.2) is 4.79 Å². The average molecular weight is 1180 g/mol. The molecular weight excluding hydrogens is 1030 g/mol. The Labute approximate surface area is 516 Å². The molecule has 9 nitrogen and oxygen atoms in total. The summed E-state index contributed by atoms with van der Waals surface area (Å²) in [5.41, 5.74) is 0. The number of aliphatic carboxylic acids is 1. The van der Waals surface area contributed by atoms with Crippen LogP contribution in [0.4, 0.5) is 0 Å². The second kappa shape index (κ2) is 66.0. The quantitative estimate of drug-likeness (QED) is 0.0211. The van der Waals surface area contributed by atoms with Gasteiger partial charge in [0.1, 0.15) is 13.2 Å². The lowest BCUT2D eigenvalue weighted by atomic mass is 10.0. The van der Waals surface area contributed by atoms with E-state index >= 15 is 0 Å². The van der Waals surface area contributed by atoms with Crippen LogP contribution in [-0.4, -0.2) is 87.4 Å². The largest absolute Gasteiger partial charge is 0.477 e. The number of rotatable bonds is 70. The van der Waals surface area contributed by atoms with E-state index in [1.165, 1.54) is 321 Å². The average Bonchev–Trinajstić information content (AvgIpc) is 3.46. The predicted octanol–water partition coefficient (Wildman–Crippen LogP) is 22.8. The molecule has 9 heteroatoms. The zero-order valence-electron chi connectivity index (χ0n) is 56.4. The number of hydrogen-bond donors (Lipinski definition) is 1. The van der Waals surface area contributed by atoms with Gasteiger partial charge in [0.25, 0.3) is 6.29 Å². The maximum Gasteiger partial charge on any atom is 0.361 e. The predicted molar refractivity (Wildman–Crippen MR) is 355 cm³/mol. The molecule has 83 heavy (non-hydrogen) atoms. The van der Waals surface area contributed by atoms with Crippen LogP contribution in [0, 0.1) is 0 Å². The summed E-state index contributed by atoms with van der Waals surface area (Å²) in [4.78, 5) is 37.6. The number of carboxylic acid groups (broad SMARTS) is 1. The van der Waals surface area contributed by atoms with E-state index in [-0.39, 0.29) is 38.2 Å². The van der Waals surface area contributed by atoms with Crippen molar-refractivity contribution in [3.8, 4) is 0 Å². The molecule has 0 aromatic heterocycles. The lowest BCUT2D eigenvalue weighted by molar-refractivity contribution is -0.870. The third kappa shape index (κ3) is 67.4. The summed E-state index contributed by atoms with van der Waals surface area (Å²) in [6, 6.07) is 0. The Bertz CT molecular complexity index is 1370. The molecule has 0 saturated heterocycles. The molecule has 0 radical (unpaired) electrons. The Hall–Kier alpha value is -1.97. The van der Waals surface area contributed by atoms with Crippen LogP contribution in [0.15, 0.2) is 12.2 Å². The molecule has 492 valence electrons. The zero-order valence-corrected chi connectivity index (χ0v) is 56.4. The van der Waals surface area contributed by atoms with Crippen LogP contribution in [0.5, 0.6) is 0 Å². The lowest BCUT2D eigenvalue weighted by Gasteiger charge is -2.25. The number of hydrogen-bond acceptors (Lipinski definition) is 7. The van der Waals surface area contributed by atoms with Crippen molar-refractivity contribution in [3.63, 3.8) is 0 Å². The van der Waals surface area contributed by atoms with Crippen LogP contribution in [0.1, 0.15) is 386 Å². The van der Waals surface area contributed by atoms with Gasteiger partial charge in [-0.1, -0.05) is 347 Å². The molecule has 0 rings (SSSR count). The first kappa shape index (κ1) is 81.0. The number of quaternary nitrogens is 1. The Balaban J connectivity index is 4.02. The van der Waals surface area contributed by atoms with Gasteiger partial charge in [-0.3, -0.25) is 9.59 Å². The summed E-state index contributed by atoms with van der Waals surface area (Å²) in [5, 5.41) is 9.75. The van der Waals surface area contributed by atoms with E-state index in [0.717, 1.165) is 38.5 Å². The number of unbranched alkanes of at least 4 members (excludes halogenated alkanes) is 53. The minimum atomic E-state index is -1.51. The van der Waals surface area contributed by atoms with Gasteiger partial charge in [-0.2, -0.15) is 0 Å². The van der Waals surface area contributed by atoms with Gasteiger partial charge in [0.15, 0.2) is 6.10 Å². The van der Waals surface area contributed by atoms with E-state index in [2.05, 4.69) is 26.0 Å². The van der Waals surface area contributed by atoms with Crippen molar-refractivity contribution >= 4 is 17.9 Å². The van der Waals surface area contributed by atoms with Crippen LogP contribution in [0.25, 0.3) is 0 Å². The van der Waals surface area contributed by atoms with Crippen LogP contribution in [0.2, 0.25) is 0 Å². The number of carbonyl (C=O) groups is 3. The second-order valence-corrected chi connectivity index (χ2v) is 26.6. The van der Waals surface area contributed by atoms with E-state index in [4.69, 9.17) is 18.9 Å². The SMILES string of the molecule is CCCCCCCCCC/C=C\CCCCCCCCCCCCCCCCCCCCCC(=O)OC(COC(=O)CCCCCCCCCCCCCCCCCCCCCCCCCCCCC)COC(OCC[N+](C)(C)C)C(=O)O. The molecule has 0 saturated carbocycles. The van der Waals surface area contributed by atoms with E-state index in [0.29, 0.717) is 17.4 Å². The number of nitrogens with zero attached hydrogens (tertiary/aromatic N) is 1. The van der Waals surface area contributed by atoms with Gasteiger partial charge in [0, 0.05) is 12.8 Å². The van der Waals surface area contributed by atoms with Crippen molar-refractivity contribution in [1.82, 2.24) is 0 Å². The van der Waals surface area contributed by atoms with Crippen molar-refractivity contribution in [2.24, 2.45) is 0 Å². The molecule has 0 aromatic rings. The van der Waals surface area contributed by atoms with Gasteiger partial charge in [0.2, 0.25) is 0 Å². The van der Waals surface area contributed by atoms with Gasteiger partial charge < -0.3 is 28.5 Å². The van der Waals surface area contributed by atoms with Crippen molar-refractivity contribution in [2.75, 3.05) is 47.5 Å². The van der Waals surface area contributed by atoms with E-state index < -0.39 is 18.4 Å². The first-order valence-electron chi connectivity index (χ1n) is 36.9. The van der Waals surface area contributed by atoms with Crippen molar-refractivity contribution < 1.29 is 42.9 Å². The minimum Gasteiger partial charge on any atom is -0.477 e. The highest BCUT2D eigenvalue weighted by molar-refractivity contribution is 5.71. The van der Waals surface area contributed by atoms with E-state index in [9.17, 15) is 19.5 Å². The molecule has 1 N–H and O–H groups in total. The summed E-state index contributed by atoms with van der Waals surface area (Å²) in [7, 11) is 6.00. The van der Waals surface area contributed by atoms with Gasteiger partial charge in [-0.15, -0.1) is 0 Å². The number of allylic oxidation sites excluding steroid dienone is 2. The third-order valence-corrected chi connectivity index (χ3v) is 17.0. The Morgan fingerprint density at radius 3 is 0.892 bits per heavy atom. The molecule has 0 aliphatic heterocycles. The summed E-state index contributed by atoms with van der Waals surface area (Å²) in [6.07, 6.45) is 77.7. The first-order valence-corrected chi connectivity index (χ1v) is 36.9. The first-order chi connectivity index (χ1) is 40.6. The summed E-state index contributed by atoms with van der Waals surface area (Å²) in [6.45, 7) is 4.97. The van der Waals surface area contributed by atoms with E-state index in [1.54, 1.807) is 0 Å². The summed E-state index contributed by atoms with van der Waals surface area (Å²) >= 11 is 0. The lowest BCUT2D eigenvalue weighted by Crippen LogP contribution is -2.40. The normalized spacial score (nSPS) is 12.6. The summed E-state index contributed by atoms with van der Waals surface area (Å²) < 4.78 is 23.0. The number of likely N-dealkylation sites (N-methyl/N-ethyl adjacent to an activating group) is 1. The molecule has 0 spiro atoms. The minimum absolute atomic E-state index is 0.173. The fraction of sp³-hybridized carbons (Fsp3) is 0.932. The van der Waals surface area contributed by atoms with Crippen molar-refractivity contribution in [3.05, 3.63) is 12.2 Å². The number of carbonyl (C=O) groups excluding carboxylic acids is 2. The highest BCUT2D eigenvalue weighted by Gasteiger charge is 2.25. The smallest absolute Gasteiger partial charge is 0.361 e. The van der Waals surface area contributed by atoms with Gasteiger partial charge in [-0.05, 0) is 38.5 Å². The molecule has 0 heterocycles.